The fourth-order valence-electron chi connectivity index (χ4n) is 3.26. The number of hydrogen-bond donors (Lipinski definition) is 3. The van der Waals surface area contributed by atoms with E-state index in [1.165, 1.54) is 26.2 Å². The molecule has 7 heteroatoms. The molecule has 7 nitrogen and oxygen atoms in total. The van der Waals surface area contributed by atoms with Gasteiger partial charge in [0.1, 0.15) is 6.04 Å². The highest BCUT2D eigenvalue weighted by atomic mass is 16.5. The van der Waals surface area contributed by atoms with Gasteiger partial charge >= 0.3 is 5.97 Å². The third kappa shape index (κ3) is 5.29. The number of carbonyl (C=O) groups is 3. The van der Waals surface area contributed by atoms with Gasteiger partial charge in [0.2, 0.25) is 11.8 Å². The number of carboxylic acid groups (broad SMARTS) is 1. The molecule has 0 spiro atoms. The highest BCUT2D eigenvalue weighted by Crippen LogP contribution is 2.28. The molecule has 1 atom stereocenters. The van der Waals surface area contributed by atoms with Crippen LogP contribution in [0.25, 0.3) is 0 Å². The van der Waals surface area contributed by atoms with Crippen LogP contribution in [0.1, 0.15) is 48.5 Å². The first-order chi connectivity index (χ1) is 11.9. The summed E-state index contributed by atoms with van der Waals surface area (Å²) in [6.07, 6.45) is 3.87. The Hall–Kier alpha value is -2.41. The Balaban J connectivity index is 2.21. The van der Waals surface area contributed by atoms with Gasteiger partial charge in [0.25, 0.3) is 0 Å². The first-order valence-corrected chi connectivity index (χ1v) is 8.35. The van der Waals surface area contributed by atoms with E-state index in [9.17, 15) is 19.5 Å². The lowest BCUT2D eigenvalue weighted by Gasteiger charge is -2.23. The van der Waals surface area contributed by atoms with Crippen molar-refractivity contribution in [3.8, 4) is 0 Å². The minimum atomic E-state index is -1.08. The summed E-state index contributed by atoms with van der Waals surface area (Å²) in [5.41, 5.74) is 1.10. The topological polar surface area (TPSA) is 105 Å². The molecule has 136 valence electrons. The van der Waals surface area contributed by atoms with E-state index >= 15 is 0 Å². The molecule has 0 bridgehead atoms. The van der Waals surface area contributed by atoms with Crippen molar-refractivity contribution in [3.05, 3.63) is 29.3 Å². The normalized spacial score (nSPS) is 15.6. The molecule has 1 aromatic rings. The van der Waals surface area contributed by atoms with Crippen LogP contribution in [-0.4, -0.2) is 36.0 Å². The Morgan fingerprint density at radius 3 is 2.48 bits per heavy atom. The van der Waals surface area contributed by atoms with Crippen molar-refractivity contribution in [1.29, 1.82) is 0 Å². The molecule has 0 saturated heterocycles. The van der Waals surface area contributed by atoms with Crippen LogP contribution >= 0.6 is 0 Å². The second-order valence-electron chi connectivity index (χ2n) is 6.37. The van der Waals surface area contributed by atoms with Crippen LogP contribution in [0, 0.1) is 5.92 Å². The molecule has 2 rings (SSSR count). The van der Waals surface area contributed by atoms with Crippen LogP contribution in [0.4, 0.5) is 5.69 Å². The third-order valence-electron chi connectivity index (χ3n) is 4.33. The van der Waals surface area contributed by atoms with Crippen molar-refractivity contribution in [2.24, 2.45) is 5.92 Å². The molecule has 0 aliphatic heterocycles. The Bertz CT molecular complexity index is 653. The number of rotatable bonds is 7. The molecule has 0 heterocycles. The van der Waals surface area contributed by atoms with Gasteiger partial charge in [-0.1, -0.05) is 12.8 Å². The van der Waals surface area contributed by atoms with Crippen LogP contribution < -0.4 is 10.6 Å². The van der Waals surface area contributed by atoms with Crippen molar-refractivity contribution in [2.75, 3.05) is 12.4 Å². The van der Waals surface area contributed by atoms with Gasteiger partial charge in [-0.3, -0.25) is 9.59 Å². The van der Waals surface area contributed by atoms with Crippen molar-refractivity contribution in [3.63, 3.8) is 0 Å². The first kappa shape index (κ1) is 18.9. The maximum Gasteiger partial charge on any atom is 0.335 e. The average molecular weight is 348 g/mol. The lowest BCUT2D eigenvalue weighted by molar-refractivity contribution is -0.126. The molecule has 25 heavy (non-hydrogen) atoms. The summed E-state index contributed by atoms with van der Waals surface area (Å²) in [6, 6.07) is 3.97. The van der Waals surface area contributed by atoms with Gasteiger partial charge in [-0.15, -0.1) is 0 Å². The molecule has 1 aliphatic rings. The van der Waals surface area contributed by atoms with E-state index in [-0.39, 0.29) is 29.9 Å². The molecule has 0 aromatic heterocycles. The zero-order valence-electron chi connectivity index (χ0n) is 14.5. The van der Waals surface area contributed by atoms with E-state index < -0.39 is 12.0 Å². The van der Waals surface area contributed by atoms with E-state index in [4.69, 9.17) is 4.74 Å². The highest BCUT2D eigenvalue weighted by molar-refractivity contribution is 5.98. The molecule has 0 radical (unpaired) electrons. The molecule has 1 aliphatic carbocycles. The molecule has 3 N–H and O–H groups in total. The molecule has 1 aromatic carbocycles. The minimum Gasteiger partial charge on any atom is -0.478 e. The third-order valence-corrected chi connectivity index (χ3v) is 4.33. The summed E-state index contributed by atoms with van der Waals surface area (Å²) in [5.74, 6) is -1.56. The standard InChI is InChI=1S/C18H24N2O5/c1-11(21)19-16(13-5-3-4-6-13)17(22)20-15-8-12(10-25-2)7-14(9-15)18(23)24/h7-9,13,16H,3-6,10H2,1-2H3,(H,19,21)(H,20,22)(H,23,24). The number of aromatic carboxylic acids is 1. The number of hydrogen-bond acceptors (Lipinski definition) is 4. The number of amides is 2. The van der Waals surface area contributed by atoms with Crippen LogP contribution in [0.2, 0.25) is 0 Å². The van der Waals surface area contributed by atoms with Gasteiger partial charge in [0, 0.05) is 19.7 Å². The van der Waals surface area contributed by atoms with Crippen LogP contribution in [0.5, 0.6) is 0 Å². The number of anilines is 1. The highest BCUT2D eigenvalue weighted by Gasteiger charge is 2.31. The molecule has 2 amide bonds. The summed E-state index contributed by atoms with van der Waals surface area (Å²) >= 11 is 0. The van der Waals surface area contributed by atoms with Crippen molar-refractivity contribution < 1.29 is 24.2 Å². The quantitative estimate of drug-likeness (QED) is 0.700. The SMILES string of the molecule is COCc1cc(NC(=O)C(NC(C)=O)C2CCCC2)cc(C(=O)O)c1. The maximum atomic E-state index is 12.7. The zero-order valence-corrected chi connectivity index (χ0v) is 14.5. The zero-order chi connectivity index (χ0) is 18.4. The Morgan fingerprint density at radius 2 is 1.92 bits per heavy atom. The van der Waals surface area contributed by atoms with Gasteiger partial charge in [-0.05, 0) is 42.5 Å². The van der Waals surface area contributed by atoms with Gasteiger partial charge in [0.15, 0.2) is 0 Å². The molecule has 1 unspecified atom stereocenters. The van der Waals surface area contributed by atoms with E-state index in [0.29, 0.717) is 11.3 Å². The van der Waals surface area contributed by atoms with Gasteiger partial charge < -0.3 is 20.5 Å². The van der Waals surface area contributed by atoms with E-state index in [1.807, 2.05) is 0 Å². The minimum absolute atomic E-state index is 0.0711. The van der Waals surface area contributed by atoms with Crippen LogP contribution in [0.3, 0.4) is 0 Å². The average Bonchev–Trinajstić information content (AvgIpc) is 3.06. The lowest BCUT2D eigenvalue weighted by Crippen LogP contribution is -2.47. The van der Waals surface area contributed by atoms with Crippen LogP contribution in [-0.2, 0) is 20.9 Å². The predicted octanol–water partition coefficient (Wildman–Crippen LogP) is 2.16. The Morgan fingerprint density at radius 1 is 1.24 bits per heavy atom. The smallest absolute Gasteiger partial charge is 0.335 e. The lowest BCUT2D eigenvalue weighted by atomic mass is 9.97. The van der Waals surface area contributed by atoms with Crippen molar-refractivity contribution >= 4 is 23.5 Å². The summed E-state index contributed by atoms with van der Waals surface area (Å²) in [4.78, 5) is 35.4. The summed E-state index contributed by atoms with van der Waals surface area (Å²) in [7, 11) is 1.51. The van der Waals surface area contributed by atoms with E-state index in [1.54, 1.807) is 6.07 Å². The van der Waals surface area contributed by atoms with Crippen LogP contribution in [0.15, 0.2) is 18.2 Å². The summed E-state index contributed by atoms with van der Waals surface area (Å²) < 4.78 is 5.04. The fourth-order valence-corrected chi connectivity index (χ4v) is 3.26. The first-order valence-electron chi connectivity index (χ1n) is 8.35. The monoisotopic (exact) mass is 348 g/mol. The fraction of sp³-hybridized carbons (Fsp3) is 0.500. The molecule has 1 fully saturated rings. The number of methoxy groups -OCH3 is 1. The van der Waals surface area contributed by atoms with Crippen molar-refractivity contribution in [1.82, 2.24) is 5.32 Å². The largest absolute Gasteiger partial charge is 0.478 e. The van der Waals surface area contributed by atoms with E-state index in [2.05, 4.69) is 10.6 Å². The summed E-state index contributed by atoms with van der Waals surface area (Å²) in [5, 5.41) is 14.7. The second-order valence-corrected chi connectivity index (χ2v) is 6.37. The van der Waals surface area contributed by atoms with E-state index in [0.717, 1.165) is 25.7 Å². The molecule has 1 saturated carbocycles. The summed E-state index contributed by atoms with van der Waals surface area (Å²) in [6.45, 7) is 1.62. The number of benzene rings is 1. The molecular weight excluding hydrogens is 324 g/mol. The number of ether oxygens (including phenoxy) is 1. The Kier molecular flexibility index (Phi) is 6.52. The van der Waals surface area contributed by atoms with Gasteiger partial charge in [-0.25, -0.2) is 4.79 Å². The Labute approximate surface area is 146 Å². The van der Waals surface area contributed by atoms with Gasteiger partial charge in [-0.2, -0.15) is 0 Å². The molecular formula is C18H24N2O5. The number of nitrogens with one attached hydrogen (secondary N) is 2. The number of carboxylic acids is 1. The predicted molar refractivity (Wildman–Crippen MR) is 92.3 cm³/mol. The second kappa shape index (κ2) is 8.62. The van der Waals surface area contributed by atoms with Gasteiger partial charge in [0.05, 0.1) is 12.2 Å². The van der Waals surface area contributed by atoms with Crippen molar-refractivity contribution in [2.45, 2.75) is 45.3 Å². The number of carbonyl (C=O) groups excluding carboxylic acids is 2. The maximum absolute atomic E-state index is 12.7.